The van der Waals surface area contributed by atoms with Gasteiger partial charge in [0.05, 0.1) is 13.0 Å². The van der Waals surface area contributed by atoms with Gasteiger partial charge in [0.2, 0.25) is 29.5 Å². The van der Waals surface area contributed by atoms with Gasteiger partial charge in [-0.3, -0.25) is 28.8 Å². The van der Waals surface area contributed by atoms with E-state index in [9.17, 15) is 28.8 Å². The van der Waals surface area contributed by atoms with Crippen LogP contribution >= 0.6 is 0 Å². The van der Waals surface area contributed by atoms with Crippen LogP contribution < -0.4 is 33.2 Å². The highest BCUT2D eigenvalue weighted by atomic mass is 16.4. The molecular formula is C13H22N6O7. The number of hydrogen-bond acceptors (Lipinski definition) is 7. The SMILES string of the molecule is NCC(=O)N[C@@H](CC(N)=O)C(=O)N[C@@H](CCC(N)=O)C(=O)NCC(=O)O. The van der Waals surface area contributed by atoms with Crippen LogP contribution in [-0.4, -0.2) is 65.8 Å². The summed E-state index contributed by atoms with van der Waals surface area (Å²) in [6, 6.07) is -2.72. The number of carboxylic acid groups (broad SMARTS) is 1. The van der Waals surface area contributed by atoms with Crippen molar-refractivity contribution < 1.29 is 33.9 Å². The number of primary amides is 2. The van der Waals surface area contributed by atoms with Crippen LogP contribution in [0.3, 0.4) is 0 Å². The van der Waals surface area contributed by atoms with Crippen LogP contribution in [0.2, 0.25) is 0 Å². The molecule has 0 fully saturated rings. The van der Waals surface area contributed by atoms with E-state index in [-0.39, 0.29) is 12.8 Å². The second-order valence-corrected chi connectivity index (χ2v) is 5.17. The number of amides is 5. The molecule has 0 aliphatic carbocycles. The fourth-order valence-corrected chi connectivity index (χ4v) is 1.78. The molecule has 0 aliphatic rings. The average molecular weight is 374 g/mol. The molecule has 0 aromatic rings. The molecule has 26 heavy (non-hydrogen) atoms. The Morgan fingerprint density at radius 3 is 1.96 bits per heavy atom. The van der Waals surface area contributed by atoms with Crippen molar-refractivity contribution in [1.29, 1.82) is 0 Å². The van der Waals surface area contributed by atoms with Crippen molar-refractivity contribution in [3.05, 3.63) is 0 Å². The summed E-state index contributed by atoms with van der Waals surface area (Å²) in [4.78, 5) is 68.0. The molecule has 10 N–H and O–H groups in total. The van der Waals surface area contributed by atoms with Crippen molar-refractivity contribution in [2.75, 3.05) is 13.1 Å². The summed E-state index contributed by atoms with van der Waals surface area (Å²) in [5, 5.41) is 15.0. The zero-order chi connectivity index (χ0) is 20.3. The van der Waals surface area contributed by atoms with E-state index >= 15 is 0 Å². The van der Waals surface area contributed by atoms with E-state index in [1.807, 2.05) is 5.32 Å². The topological polar surface area (TPSA) is 237 Å². The van der Waals surface area contributed by atoms with Crippen LogP contribution in [0.5, 0.6) is 0 Å². The van der Waals surface area contributed by atoms with Crippen molar-refractivity contribution in [3.63, 3.8) is 0 Å². The lowest BCUT2D eigenvalue weighted by Crippen LogP contribution is -2.55. The van der Waals surface area contributed by atoms with Gasteiger partial charge in [-0.05, 0) is 6.42 Å². The summed E-state index contributed by atoms with van der Waals surface area (Å²) in [6.45, 7) is -1.16. The van der Waals surface area contributed by atoms with E-state index in [1.165, 1.54) is 0 Å². The van der Waals surface area contributed by atoms with E-state index in [0.29, 0.717) is 0 Å². The predicted molar refractivity (Wildman–Crippen MR) is 85.8 cm³/mol. The average Bonchev–Trinajstić information content (AvgIpc) is 2.54. The van der Waals surface area contributed by atoms with Crippen molar-refractivity contribution in [1.82, 2.24) is 16.0 Å². The Hall–Kier alpha value is -3.22. The summed E-state index contributed by atoms with van der Waals surface area (Å²) in [6.07, 6.45) is -1.06. The summed E-state index contributed by atoms with van der Waals surface area (Å²) in [5.41, 5.74) is 15.1. The molecule has 0 radical (unpaired) electrons. The van der Waals surface area contributed by atoms with E-state index in [4.69, 9.17) is 22.3 Å². The van der Waals surface area contributed by atoms with Gasteiger partial charge in [-0.15, -0.1) is 0 Å². The van der Waals surface area contributed by atoms with Gasteiger partial charge in [-0.25, -0.2) is 0 Å². The molecule has 0 bridgehead atoms. The third kappa shape index (κ3) is 9.82. The van der Waals surface area contributed by atoms with Crippen LogP contribution in [0.15, 0.2) is 0 Å². The van der Waals surface area contributed by atoms with Gasteiger partial charge in [-0.2, -0.15) is 0 Å². The number of carbonyl (C=O) groups is 6. The first kappa shape index (κ1) is 22.8. The lowest BCUT2D eigenvalue weighted by Gasteiger charge is -2.22. The Labute approximate surface area is 148 Å². The van der Waals surface area contributed by atoms with Gasteiger partial charge >= 0.3 is 5.97 Å². The van der Waals surface area contributed by atoms with Crippen LogP contribution in [0.1, 0.15) is 19.3 Å². The van der Waals surface area contributed by atoms with Crippen LogP contribution in [0.25, 0.3) is 0 Å². The van der Waals surface area contributed by atoms with E-state index in [2.05, 4.69) is 10.6 Å². The molecule has 0 saturated heterocycles. The molecule has 0 saturated carbocycles. The van der Waals surface area contributed by atoms with Gasteiger partial charge < -0.3 is 38.3 Å². The minimum Gasteiger partial charge on any atom is -0.480 e. The molecule has 0 aromatic carbocycles. The zero-order valence-corrected chi connectivity index (χ0v) is 13.8. The Bertz CT molecular complexity index is 579. The van der Waals surface area contributed by atoms with Gasteiger partial charge in [0.15, 0.2) is 0 Å². The van der Waals surface area contributed by atoms with E-state index < -0.39 is 67.1 Å². The molecule has 2 atom stereocenters. The molecule has 13 nitrogen and oxygen atoms in total. The molecule has 5 amide bonds. The summed E-state index contributed by atoms with van der Waals surface area (Å²) >= 11 is 0. The minimum absolute atomic E-state index is 0.222. The highest BCUT2D eigenvalue weighted by Crippen LogP contribution is 2.01. The smallest absolute Gasteiger partial charge is 0.322 e. The fraction of sp³-hybridized carbons (Fsp3) is 0.538. The van der Waals surface area contributed by atoms with Gasteiger partial charge in [0.25, 0.3) is 0 Å². The Kier molecular flexibility index (Phi) is 9.95. The van der Waals surface area contributed by atoms with Gasteiger partial charge in [-0.1, -0.05) is 0 Å². The van der Waals surface area contributed by atoms with Crippen LogP contribution in [-0.2, 0) is 28.8 Å². The summed E-state index contributed by atoms with van der Waals surface area (Å²) < 4.78 is 0. The second-order valence-electron chi connectivity index (χ2n) is 5.17. The zero-order valence-electron chi connectivity index (χ0n) is 13.8. The first-order valence-corrected chi connectivity index (χ1v) is 7.42. The number of nitrogens with one attached hydrogen (secondary N) is 3. The first-order chi connectivity index (χ1) is 12.1. The number of carboxylic acids is 1. The molecule has 146 valence electrons. The number of rotatable bonds is 12. The Balaban J connectivity index is 5.14. The Morgan fingerprint density at radius 2 is 1.50 bits per heavy atom. The molecule has 0 spiro atoms. The second kappa shape index (κ2) is 11.4. The van der Waals surface area contributed by atoms with Gasteiger partial charge in [0.1, 0.15) is 18.6 Å². The molecular weight excluding hydrogens is 352 g/mol. The summed E-state index contributed by atoms with van der Waals surface area (Å²) in [7, 11) is 0. The quantitative estimate of drug-likeness (QED) is 0.174. The number of nitrogens with two attached hydrogens (primary N) is 3. The maximum Gasteiger partial charge on any atom is 0.322 e. The van der Waals surface area contributed by atoms with Crippen molar-refractivity contribution in [3.8, 4) is 0 Å². The predicted octanol–water partition coefficient (Wildman–Crippen LogP) is -4.74. The normalized spacial score (nSPS) is 12.3. The fourth-order valence-electron chi connectivity index (χ4n) is 1.78. The van der Waals surface area contributed by atoms with Crippen molar-refractivity contribution >= 4 is 35.5 Å². The molecule has 0 aliphatic heterocycles. The molecule has 0 heterocycles. The van der Waals surface area contributed by atoms with Crippen molar-refractivity contribution in [2.45, 2.75) is 31.3 Å². The van der Waals surface area contributed by atoms with Crippen molar-refractivity contribution in [2.24, 2.45) is 17.2 Å². The highest BCUT2D eigenvalue weighted by Gasteiger charge is 2.28. The standard InChI is InChI=1S/C13H22N6O7/c14-4-10(22)18-7(3-9(16)21)13(26)19-6(1-2-8(15)20)12(25)17-5-11(23)24/h6-7H,1-5,14H2,(H2,15,20)(H2,16,21)(H,17,25)(H,18,22)(H,19,26)(H,23,24)/t6-,7-/m0/s1. The monoisotopic (exact) mass is 374 g/mol. The molecule has 0 unspecified atom stereocenters. The number of hydrogen-bond donors (Lipinski definition) is 7. The number of carbonyl (C=O) groups excluding carboxylic acids is 5. The maximum absolute atomic E-state index is 12.2. The largest absolute Gasteiger partial charge is 0.480 e. The third-order valence-corrected chi connectivity index (χ3v) is 2.97. The highest BCUT2D eigenvalue weighted by molar-refractivity contribution is 5.95. The van der Waals surface area contributed by atoms with Gasteiger partial charge in [0, 0.05) is 6.42 Å². The molecule has 0 aromatic heterocycles. The maximum atomic E-state index is 12.2. The minimum atomic E-state index is -1.40. The van der Waals surface area contributed by atoms with Crippen LogP contribution in [0.4, 0.5) is 0 Å². The first-order valence-electron chi connectivity index (χ1n) is 7.42. The lowest BCUT2D eigenvalue weighted by molar-refractivity contribution is -0.139. The van der Waals surface area contributed by atoms with E-state index in [0.717, 1.165) is 0 Å². The van der Waals surface area contributed by atoms with E-state index in [1.54, 1.807) is 0 Å². The Morgan fingerprint density at radius 1 is 0.885 bits per heavy atom. The molecule has 0 rings (SSSR count). The molecule has 13 heteroatoms. The third-order valence-electron chi connectivity index (χ3n) is 2.97. The number of aliphatic carboxylic acids is 1. The lowest BCUT2D eigenvalue weighted by atomic mass is 10.1. The summed E-state index contributed by atoms with van der Waals surface area (Å²) in [5.74, 6) is -5.53. The van der Waals surface area contributed by atoms with Crippen LogP contribution in [0, 0.1) is 0 Å².